The molecule has 2 heterocycles. The number of aromatic amines is 1. The molecule has 3 aromatic rings. The number of benzene rings is 2. The van der Waals surface area contributed by atoms with Crippen molar-refractivity contribution in [1.82, 2.24) is 19.8 Å². The van der Waals surface area contributed by atoms with E-state index in [0.717, 1.165) is 5.56 Å². The monoisotopic (exact) mass is 395 g/mol. The van der Waals surface area contributed by atoms with Gasteiger partial charge in [0.2, 0.25) is 0 Å². The number of nitrogens with zero attached hydrogens (tertiary/aromatic N) is 3. The van der Waals surface area contributed by atoms with Crippen LogP contribution in [0.5, 0.6) is 0 Å². The molecule has 7 nitrogen and oxygen atoms in total. The van der Waals surface area contributed by atoms with E-state index < -0.39 is 5.82 Å². The maximum absolute atomic E-state index is 13.9. The number of aromatic nitrogens is 2. The molecule has 0 saturated carbocycles. The van der Waals surface area contributed by atoms with Crippen LogP contribution in [0, 0.1) is 12.7 Å². The lowest BCUT2D eigenvalue weighted by Gasteiger charge is -2.34. The van der Waals surface area contributed by atoms with E-state index in [1.807, 2.05) is 25.1 Å². The van der Waals surface area contributed by atoms with Crippen molar-refractivity contribution in [3.05, 3.63) is 70.0 Å². The maximum atomic E-state index is 13.9. The van der Waals surface area contributed by atoms with Gasteiger partial charge in [-0.15, -0.1) is 0 Å². The van der Waals surface area contributed by atoms with Crippen molar-refractivity contribution in [2.24, 2.45) is 0 Å². The highest BCUT2D eigenvalue weighted by Crippen LogP contribution is 2.17. The Bertz CT molecular complexity index is 1110. The fraction of sp³-hybridized carbons (Fsp3) is 0.286. The third kappa shape index (κ3) is 4.27. The number of hydrogen-bond acceptors (Lipinski definition) is 4. The fourth-order valence-corrected chi connectivity index (χ4v) is 3.46. The Kier molecular flexibility index (Phi) is 5.26. The van der Waals surface area contributed by atoms with Gasteiger partial charge in [-0.25, -0.2) is 14.2 Å². The summed E-state index contributed by atoms with van der Waals surface area (Å²) in [5.41, 5.74) is 1.59. The van der Waals surface area contributed by atoms with Crippen molar-refractivity contribution < 1.29 is 9.18 Å². The zero-order valence-corrected chi connectivity index (χ0v) is 16.1. The van der Waals surface area contributed by atoms with Gasteiger partial charge in [0.25, 0.3) is 5.56 Å². The zero-order chi connectivity index (χ0) is 20.4. The summed E-state index contributed by atoms with van der Waals surface area (Å²) in [6, 6.07) is 11.5. The fourth-order valence-electron chi connectivity index (χ4n) is 3.46. The summed E-state index contributed by atoms with van der Waals surface area (Å²) >= 11 is 0. The van der Waals surface area contributed by atoms with Crippen molar-refractivity contribution >= 4 is 22.6 Å². The molecule has 0 unspecified atom stereocenters. The second kappa shape index (κ2) is 8.00. The van der Waals surface area contributed by atoms with Gasteiger partial charge in [-0.1, -0.05) is 18.2 Å². The number of hydrogen-bond donors (Lipinski definition) is 2. The van der Waals surface area contributed by atoms with Crippen molar-refractivity contribution in [3.8, 4) is 0 Å². The first-order chi connectivity index (χ1) is 14.0. The first kappa shape index (κ1) is 19.1. The molecule has 8 heteroatoms. The SMILES string of the molecule is Cc1ccc(F)c(NC(=O)N2CCN(Cc3nc4ccccc4c(=O)[nH]3)CC2)c1. The zero-order valence-electron chi connectivity index (χ0n) is 16.1. The second-order valence-corrected chi connectivity index (χ2v) is 7.21. The summed E-state index contributed by atoms with van der Waals surface area (Å²) in [5.74, 6) is 0.155. The van der Waals surface area contributed by atoms with Gasteiger partial charge in [0.1, 0.15) is 11.6 Å². The standard InChI is InChI=1S/C21H22FN5O2/c1-14-6-7-16(22)18(12-14)24-21(29)27-10-8-26(9-11-27)13-19-23-17-5-3-2-4-15(17)20(28)25-19/h2-7,12H,8-11,13H2,1H3,(H,24,29)(H,23,25,28). The van der Waals surface area contributed by atoms with Crippen LogP contribution in [0.1, 0.15) is 11.4 Å². The summed E-state index contributed by atoms with van der Waals surface area (Å²) in [7, 11) is 0. The molecule has 0 radical (unpaired) electrons. The number of halogens is 1. The van der Waals surface area contributed by atoms with Crippen LogP contribution in [0.3, 0.4) is 0 Å². The van der Waals surface area contributed by atoms with Gasteiger partial charge >= 0.3 is 6.03 Å². The number of para-hydroxylation sites is 1. The molecule has 29 heavy (non-hydrogen) atoms. The molecule has 0 spiro atoms. The van der Waals surface area contributed by atoms with Crippen molar-refractivity contribution in [2.75, 3.05) is 31.5 Å². The number of urea groups is 1. The largest absolute Gasteiger partial charge is 0.322 e. The lowest BCUT2D eigenvalue weighted by molar-refractivity contribution is 0.141. The minimum Gasteiger partial charge on any atom is -0.322 e. The molecular weight excluding hydrogens is 373 g/mol. The Balaban J connectivity index is 1.36. The molecule has 1 aliphatic heterocycles. The van der Waals surface area contributed by atoms with E-state index in [1.165, 1.54) is 6.07 Å². The predicted octanol–water partition coefficient (Wildman–Crippen LogP) is 2.72. The summed E-state index contributed by atoms with van der Waals surface area (Å²) < 4.78 is 13.9. The molecule has 2 amide bonds. The number of fused-ring (bicyclic) bond motifs is 1. The highest BCUT2D eigenvalue weighted by atomic mass is 19.1. The minimum atomic E-state index is -0.450. The van der Waals surface area contributed by atoms with Gasteiger partial charge in [-0.2, -0.15) is 0 Å². The number of carbonyl (C=O) groups is 1. The minimum absolute atomic E-state index is 0.149. The Labute approximate surface area is 167 Å². The van der Waals surface area contributed by atoms with E-state index in [4.69, 9.17) is 0 Å². The summed E-state index contributed by atoms with van der Waals surface area (Å²) in [5, 5.41) is 3.22. The number of carbonyl (C=O) groups excluding carboxylic acids is 1. The van der Waals surface area contributed by atoms with Crippen LogP contribution >= 0.6 is 0 Å². The number of anilines is 1. The molecule has 1 aliphatic rings. The van der Waals surface area contributed by atoms with Gasteiger partial charge in [0.05, 0.1) is 23.1 Å². The average molecular weight is 395 g/mol. The maximum Gasteiger partial charge on any atom is 0.322 e. The highest BCUT2D eigenvalue weighted by Gasteiger charge is 2.22. The molecule has 0 atom stereocenters. The van der Waals surface area contributed by atoms with E-state index in [9.17, 15) is 14.0 Å². The molecule has 0 bridgehead atoms. The van der Waals surface area contributed by atoms with Crippen molar-refractivity contribution in [3.63, 3.8) is 0 Å². The number of H-pyrrole nitrogens is 1. The van der Waals surface area contributed by atoms with Crippen LogP contribution in [0.2, 0.25) is 0 Å². The topological polar surface area (TPSA) is 81.3 Å². The van der Waals surface area contributed by atoms with Crippen LogP contribution in [-0.4, -0.2) is 52.0 Å². The number of nitrogens with one attached hydrogen (secondary N) is 2. The van der Waals surface area contributed by atoms with E-state index in [2.05, 4.69) is 20.2 Å². The molecular formula is C21H22FN5O2. The van der Waals surface area contributed by atoms with E-state index in [0.29, 0.717) is 49.5 Å². The van der Waals surface area contributed by atoms with Crippen LogP contribution in [0.25, 0.3) is 10.9 Å². The Hall–Kier alpha value is -3.26. The Morgan fingerprint density at radius 1 is 1.17 bits per heavy atom. The Morgan fingerprint density at radius 2 is 1.93 bits per heavy atom. The lowest BCUT2D eigenvalue weighted by atomic mass is 10.2. The molecule has 1 aromatic heterocycles. The molecule has 0 aliphatic carbocycles. The Morgan fingerprint density at radius 3 is 2.72 bits per heavy atom. The van der Waals surface area contributed by atoms with Gasteiger partial charge < -0.3 is 15.2 Å². The van der Waals surface area contributed by atoms with Crippen LogP contribution < -0.4 is 10.9 Å². The summed E-state index contributed by atoms with van der Waals surface area (Å²) in [4.78, 5) is 35.8. The van der Waals surface area contributed by atoms with Gasteiger partial charge in [-0.05, 0) is 36.8 Å². The quantitative estimate of drug-likeness (QED) is 0.715. The van der Waals surface area contributed by atoms with Gasteiger partial charge in [-0.3, -0.25) is 9.69 Å². The first-order valence-electron chi connectivity index (χ1n) is 9.52. The van der Waals surface area contributed by atoms with E-state index in [-0.39, 0.29) is 17.3 Å². The van der Waals surface area contributed by atoms with Gasteiger partial charge in [0, 0.05) is 26.2 Å². The smallest absolute Gasteiger partial charge is 0.322 e. The van der Waals surface area contributed by atoms with Crippen LogP contribution in [-0.2, 0) is 6.54 Å². The van der Waals surface area contributed by atoms with Crippen molar-refractivity contribution in [1.29, 1.82) is 0 Å². The predicted molar refractivity (Wildman–Crippen MR) is 109 cm³/mol. The highest BCUT2D eigenvalue weighted by molar-refractivity contribution is 5.89. The first-order valence-corrected chi connectivity index (χ1v) is 9.52. The number of aryl methyl sites for hydroxylation is 1. The van der Waals surface area contributed by atoms with Crippen molar-refractivity contribution in [2.45, 2.75) is 13.5 Å². The van der Waals surface area contributed by atoms with Gasteiger partial charge in [0.15, 0.2) is 0 Å². The lowest BCUT2D eigenvalue weighted by Crippen LogP contribution is -2.49. The summed E-state index contributed by atoms with van der Waals surface area (Å²) in [6.07, 6.45) is 0. The number of rotatable bonds is 3. The molecule has 1 saturated heterocycles. The molecule has 1 fully saturated rings. The number of amides is 2. The molecule has 2 N–H and O–H groups in total. The molecule has 4 rings (SSSR count). The normalized spacial score (nSPS) is 14.9. The number of piperazine rings is 1. The third-order valence-corrected chi connectivity index (χ3v) is 5.06. The molecule has 2 aromatic carbocycles. The van der Waals surface area contributed by atoms with Crippen LogP contribution in [0.4, 0.5) is 14.9 Å². The van der Waals surface area contributed by atoms with E-state index >= 15 is 0 Å². The average Bonchev–Trinajstić information content (AvgIpc) is 2.71. The second-order valence-electron chi connectivity index (χ2n) is 7.21. The van der Waals surface area contributed by atoms with Crippen LogP contribution in [0.15, 0.2) is 47.3 Å². The summed E-state index contributed by atoms with van der Waals surface area (Å²) in [6.45, 7) is 4.65. The third-order valence-electron chi connectivity index (χ3n) is 5.06. The molecule has 150 valence electrons. The van der Waals surface area contributed by atoms with E-state index in [1.54, 1.807) is 23.1 Å².